The molecule has 3 heterocycles. The molecule has 4 atom stereocenters. The van der Waals surface area contributed by atoms with Gasteiger partial charge in [0.25, 0.3) is 0 Å². The van der Waals surface area contributed by atoms with Crippen molar-refractivity contribution in [3.63, 3.8) is 0 Å². The van der Waals surface area contributed by atoms with Gasteiger partial charge in [0.2, 0.25) is 0 Å². The van der Waals surface area contributed by atoms with Crippen molar-refractivity contribution < 1.29 is 14.3 Å². The van der Waals surface area contributed by atoms with Crippen molar-refractivity contribution in [2.45, 2.75) is 45.6 Å². The average Bonchev–Trinajstić information content (AvgIpc) is 3.01. The number of ether oxygens (including phenoxy) is 2. The molecular weight excluding hydrogens is 341 g/mol. The van der Waals surface area contributed by atoms with Gasteiger partial charge in [-0.05, 0) is 12.5 Å². The van der Waals surface area contributed by atoms with Crippen LogP contribution < -0.4 is 0 Å². The molecular formula is C15H17Cl2N3O3. The lowest BCUT2D eigenvalue weighted by Gasteiger charge is -2.21. The fourth-order valence-electron chi connectivity index (χ4n) is 3.01. The zero-order valence-electron chi connectivity index (χ0n) is 13.0. The molecule has 1 fully saturated rings. The van der Waals surface area contributed by atoms with E-state index >= 15 is 0 Å². The highest BCUT2D eigenvalue weighted by Crippen LogP contribution is 2.39. The van der Waals surface area contributed by atoms with E-state index in [2.05, 4.69) is 10.1 Å². The second-order valence-electron chi connectivity index (χ2n) is 5.66. The van der Waals surface area contributed by atoms with E-state index in [0.29, 0.717) is 16.1 Å². The van der Waals surface area contributed by atoms with E-state index in [1.165, 1.54) is 6.92 Å². The normalized spacial score (nSPS) is 27.5. The van der Waals surface area contributed by atoms with Crippen molar-refractivity contribution in [1.82, 2.24) is 14.8 Å². The summed E-state index contributed by atoms with van der Waals surface area (Å²) in [6, 6.07) is 1.56. The number of hydrogen-bond donors (Lipinski definition) is 0. The molecule has 0 bridgehead atoms. The van der Waals surface area contributed by atoms with Crippen LogP contribution in [0.2, 0.25) is 10.2 Å². The van der Waals surface area contributed by atoms with Crippen LogP contribution in [0.5, 0.6) is 0 Å². The lowest BCUT2D eigenvalue weighted by atomic mass is 9.98. The number of aromatic nitrogens is 3. The average molecular weight is 358 g/mol. The van der Waals surface area contributed by atoms with Crippen molar-refractivity contribution in [3.05, 3.63) is 22.4 Å². The smallest absolute Gasteiger partial charge is 0.303 e. The molecule has 0 saturated carbocycles. The number of pyridine rings is 1. The van der Waals surface area contributed by atoms with E-state index in [1.54, 1.807) is 16.9 Å². The predicted octanol–water partition coefficient (Wildman–Crippen LogP) is 3.61. The number of esters is 1. The topological polar surface area (TPSA) is 66.2 Å². The van der Waals surface area contributed by atoms with E-state index in [4.69, 9.17) is 32.7 Å². The first-order valence-corrected chi connectivity index (χ1v) is 8.20. The molecule has 6 nitrogen and oxygen atoms in total. The monoisotopic (exact) mass is 357 g/mol. The Hall–Kier alpha value is -1.37. The summed E-state index contributed by atoms with van der Waals surface area (Å²) in [5.74, 6) is -0.310. The summed E-state index contributed by atoms with van der Waals surface area (Å²) in [6.07, 6.45) is 1.39. The van der Waals surface area contributed by atoms with Gasteiger partial charge in [-0.15, -0.1) is 0 Å². The summed E-state index contributed by atoms with van der Waals surface area (Å²) < 4.78 is 13.1. The number of nitrogens with zero attached hydrogens (tertiary/aromatic N) is 3. The Morgan fingerprint density at radius 2 is 2.22 bits per heavy atom. The van der Waals surface area contributed by atoms with E-state index in [-0.39, 0.29) is 23.1 Å². The van der Waals surface area contributed by atoms with Crippen LogP contribution in [0, 0.1) is 5.92 Å². The van der Waals surface area contributed by atoms with Crippen LogP contribution in [-0.4, -0.2) is 32.9 Å². The summed E-state index contributed by atoms with van der Waals surface area (Å²) in [6.45, 7) is 5.42. The lowest BCUT2D eigenvalue weighted by molar-refractivity contribution is -0.154. The van der Waals surface area contributed by atoms with Gasteiger partial charge in [0.05, 0.1) is 22.7 Å². The van der Waals surface area contributed by atoms with E-state index in [1.807, 2.05) is 13.8 Å². The van der Waals surface area contributed by atoms with Gasteiger partial charge in [0, 0.05) is 12.8 Å². The first-order chi connectivity index (χ1) is 10.9. The molecule has 0 aliphatic carbocycles. The van der Waals surface area contributed by atoms with Gasteiger partial charge in [0.15, 0.2) is 18.0 Å². The molecule has 23 heavy (non-hydrogen) atoms. The largest absolute Gasteiger partial charge is 0.457 e. The van der Waals surface area contributed by atoms with Crippen LogP contribution in [0.3, 0.4) is 0 Å². The van der Waals surface area contributed by atoms with E-state index in [0.717, 1.165) is 6.42 Å². The van der Waals surface area contributed by atoms with Gasteiger partial charge >= 0.3 is 5.97 Å². The highest BCUT2D eigenvalue weighted by Gasteiger charge is 2.45. The molecule has 0 spiro atoms. The molecule has 3 rings (SSSR count). The van der Waals surface area contributed by atoms with Crippen molar-refractivity contribution in [1.29, 1.82) is 0 Å². The van der Waals surface area contributed by atoms with Crippen molar-refractivity contribution in [3.8, 4) is 0 Å². The van der Waals surface area contributed by atoms with Gasteiger partial charge in [-0.3, -0.25) is 4.79 Å². The third kappa shape index (κ3) is 2.91. The molecule has 2 aromatic heterocycles. The van der Waals surface area contributed by atoms with Crippen LogP contribution >= 0.6 is 23.2 Å². The standard InChI is InChI=1S/C15H17Cl2N3O3/c1-4-11-7(2)13(22-8(3)21)15(23-11)20-14-9(6-18-20)10(16)5-12(17)19-14/h5-7,11,13,15H,4H2,1-3H3/t7-,11-,13?,15-/m1/s1. The molecule has 0 amide bonds. The van der Waals surface area contributed by atoms with Crippen LogP contribution in [0.25, 0.3) is 11.0 Å². The molecule has 0 N–H and O–H groups in total. The molecule has 1 aliphatic heterocycles. The number of carbonyl (C=O) groups excluding carboxylic acids is 1. The SMILES string of the molecule is CC[C@H]1O[C@@H](n2ncc3c(Cl)cc(Cl)nc32)C(OC(C)=O)[C@@H]1C. The third-order valence-corrected chi connectivity index (χ3v) is 4.64. The Balaban J connectivity index is 2.06. The number of rotatable bonds is 3. The van der Waals surface area contributed by atoms with Crippen molar-refractivity contribution in [2.24, 2.45) is 5.92 Å². The van der Waals surface area contributed by atoms with Gasteiger partial charge in [-0.1, -0.05) is 37.0 Å². The minimum Gasteiger partial charge on any atom is -0.457 e. The summed E-state index contributed by atoms with van der Waals surface area (Å²) in [7, 11) is 0. The maximum Gasteiger partial charge on any atom is 0.303 e. The maximum atomic E-state index is 11.5. The predicted molar refractivity (Wildman–Crippen MR) is 86.5 cm³/mol. The zero-order chi connectivity index (χ0) is 16.7. The summed E-state index contributed by atoms with van der Waals surface area (Å²) in [4.78, 5) is 15.8. The minimum atomic E-state index is -0.557. The van der Waals surface area contributed by atoms with Crippen LogP contribution in [0.4, 0.5) is 0 Å². The highest BCUT2D eigenvalue weighted by atomic mass is 35.5. The molecule has 8 heteroatoms. The second kappa shape index (κ2) is 6.26. The summed E-state index contributed by atoms with van der Waals surface area (Å²) in [5, 5.41) is 5.75. The van der Waals surface area contributed by atoms with Gasteiger partial charge in [-0.25, -0.2) is 9.67 Å². The molecule has 1 aliphatic rings. The van der Waals surface area contributed by atoms with Crippen LogP contribution in [0.15, 0.2) is 12.3 Å². The van der Waals surface area contributed by atoms with Crippen molar-refractivity contribution in [2.75, 3.05) is 0 Å². The molecule has 0 aromatic carbocycles. The first-order valence-electron chi connectivity index (χ1n) is 7.44. The summed E-state index contributed by atoms with van der Waals surface area (Å²) in [5.41, 5.74) is 0.508. The van der Waals surface area contributed by atoms with Gasteiger partial charge in [-0.2, -0.15) is 5.10 Å². The fourth-order valence-corrected chi connectivity index (χ4v) is 3.49. The van der Waals surface area contributed by atoms with E-state index in [9.17, 15) is 4.79 Å². The second-order valence-corrected chi connectivity index (χ2v) is 6.45. The maximum absolute atomic E-state index is 11.5. The molecule has 1 saturated heterocycles. The number of halogens is 2. The molecule has 124 valence electrons. The first kappa shape index (κ1) is 16.5. The minimum absolute atomic E-state index is 0.0294. The van der Waals surface area contributed by atoms with Crippen molar-refractivity contribution >= 4 is 40.2 Å². The van der Waals surface area contributed by atoms with Crippen LogP contribution in [-0.2, 0) is 14.3 Å². The third-order valence-electron chi connectivity index (χ3n) is 4.13. The van der Waals surface area contributed by atoms with Gasteiger partial charge in [0.1, 0.15) is 5.15 Å². The number of hydrogen-bond acceptors (Lipinski definition) is 5. The highest BCUT2D eigenvalue weighted by molar-refractivity contribution is 6.37. The fraction of sp³-hybridized carbons (Fsp3) is 0.533. The Morgan fingerprint density at radius 1 is 1.48 bits per heavy atom. The Labute approximate surface area is 143 Å². The molecule has 1 unspecified atom stereocenters. The number of fused-ring (bicyclic) bond motifs is 1. The van der Waals surface area contributed by atoms with E-state index < -0.39 is 12.3 Å². The summed E-state index contributed by atoms with van der Waals surface area (Å²) >= 11 is 12.2. The lowest BCUT2D eigenvalue weighted by Crippen LogP contribution is -2.30. The Kier molecular flexibility index (Phi) is 4.49. The molecule has 0 radical (unpaired) electrons. The van der Waals surface area contributed by atoms with Crippen LogP contribution in [0.1, 0.15) is 33.4 Å². The Morgan fingerprint density at radius 3 is 2.87 bits per heavy atom. The van der Waals surface area contributed by atoms with Gasteiger partial charge < -0.3 is 9.47 Å². The quantitative estimate of drug-likeness (QED) is 0.619. The number of carbonyl (C=O) groups is 1. The zero-order valence-corrected chi connectivity index (χ0v) is 14.5. The molecule has 2 aromatic rings. The Bertz CT molecular complexity index is 749.